The molecule has 5 nitrogen and oxygen atoms in total. The molecule has 0 unspecified atom stereocenters. The molecule has 0 saturated carbocycles. The largest absolute Gasteiger partial charge is 0.416 e. The van der Waals surface area contributed by atoms with E-state index in [0.29, 0.717) is 5.69 Å². The number of carbonyl (C=O) groups excluding carboxylic acids is 1. The summed E-state index contributed by atoms with van der Waals surface area (Å²) >= 11 is 0. The zero-order chi connectivity index (χ0) is 19.4. The molecule has 2 N–H and O–H groups in total. The molecule has 0 saturated heterocycles. The van der Waals surface area contributed by atoms with Crippen LogP contribution in [0.15, 0.2) is 60.9 Å². The molecule has 3 rings (SSSR count). The lowest BCUT2D eigenvalue weighted by Gasteiger charge is -2.11. The standard InChI is InChI=1S/C19H15F3N4O/c1-12-4-2-6-14(8-12)26-18(27)16-10-17(24-11-23-16)25-15-7-3-5-13(9-15)19(20,21)22/h2-11H,1H3,(H,26,27)(H,23,24,25). The molecular weight excluding hydrogens is 357 g/mol. The normalized spacial score (nSPS) is 11.1. The van der Waals surface area contributed by atoms with Gasteiger partial charge in [0.2, 0.25) is 0 Å². The summed E-state index contributed by atoms with van der Waals surface area (Å²) in [5.41, 5.74) is 1.11. The van der Waals surface area contributed by atoms with Gasteiger partial charge in [-0.1, -0.05) is 18.2 Å². The van der Waals surface area contributed by atoms with E-state index in [1.807, 2.05) is 19.1 Å². The van der Waals surface area contributed by atoms with Gasteiger partial charge in [0, 0.05) is 17.4 Å². The monoisotopic (exact) mass is 372 g/mol. The first-order chi connectivity index (χ1) is 12.8. The number of alkyl halides is 3. The van der Waals surface area contributed by atoms with E-state index in [0.717, 1.165) is 17.7 Å². The number of amides is 1. The van der Waals surface area contributed by atoms with Gasteiger partial charge in [0.15, 0.2) is 0 Å². The molecule has 0 radical (unpaired) electrons. The lowest BCUT2D eigenvalue weighted by atomic mass is 10.2. The highest BCUT2D eigenvalue weighted by Gasteiger charge is 2.30. The van der Waals surface area contributed by atoms with Crippen molar-refractivity contribution in [2.45, 2.75) is 13.1 Å². The summed E-state index contributed by atoms with van der Waals surface area (Å²) in [5.74, 6) is -0.242. The van der Waals surface area contributed by atoms with Crippen LogP contribution in [0.25, 0.3) is 0 Å². The minimum absolute atomic E-state index is 0.0842. The van der Waals surface area contributed by atoms with Gasteiger partial charge in [-0.15, -0.1) is 0 Å². The quantitative estimate of drug-likeness (QED) is 0.690. The fourth-order valence-corrected chi connectivity index (χ4v) is 2.39. The summed E-state index contributed by atoms with van der Waals surface area (Å²) in [6.45, 7) is 1.90. The summed E-state index contributed by atoms with van der Waals surface area (Å²) in [5, 5.41) is 5.47. The van der Waals surface area contributed by atoms with E-state index < -0.39 is 17.6 Å². The minimum atomic E-state index is -4.44. The van der Waals surface area contributed by atoms with Crippen LogP contribution >= 0.6 is 0 Å². The van der Waals surface area contributed by atoms with E-state index in [4.69, 9.17) is 0 Å². The van der Waals surface area contributed by atoms with Crippen molar-refractivity contribution in [1.82, 2.24) is 9.97 Å². The van der Waals surface area contributed by atoms with Crippen LogP contribution in [0, 0.1) is 6.92 Å². The highest BCUT2D eigenvalue weighted by molar-refractivity contribution is 6.03. The Hall–Kier alpha value is -3.42. The van der Waals surface area contributed by atoms with E-state index in [1.54, 1.807) is 12.1 Å². The predicted molar refractivity (Wildman–Crippen MR) is 95.9 cm³/mol. The molecule has 0 aliphatic rings. The molecule has 8 heteroatoms. The Morgan fingerprint density at radius 2 is 1.70 bits per heavy atom. The number of halogens is 3. The van der Waals surface area contributed by atoms with Gasteiger partial charge in [0.05, 0.1) is 5.56 Å². The lowest BCUT2D eigenvalue weighted by molar-refractivity contribution is -0.137. The maximum absolute atomic E-state index is 12.8. The van der Waals surface area contributed by atoms with Crippen molar-refractivity contribution in [2.24, 2.45) is 0 Å². The number of aryl methyl sites for hydroxylation is 1. The topological polar surface area (TPSA) is 66.9 Å². The summed E-state index contributed by atoms with van der Waals surface area (Å²) in [7, 11) is 0. The molecule has 0 atom stereocenters. The van der Waals surface area contributed by atoms with Crippen LogP contribution in [0.1, 0.15) is 21.6 Å². The van der Waals surface area contributed by atoms with Crippen LogP contribution in [-0.4, -0.2) is 15.9 Å². The highest BCUT2D eigenvalue weighted by atomic mass is 19.4. The second-order valence-electron chi connectivity index (χ2n) is 5.82. The van der Waals surface area contributed by atoms with Gasteiger partial charge >= 0.3 is 6.18 Å². The summed E-state index contributed by atoms with van der Waals surface area (Å²) in [6.07, 6.45) is -3.27. The van der Waals surface area contributed by atoms with E-state index in [9.17, 15) is 18.0 Å². The van der Waals surface area contributed by atoms with Crippen molar-refractivity contribution in [3.8, 4) is 0 Å². The molecular formula is C19H15F3N4O. The minimum Gasteiger partial charge on any atom is -0.340 e. The molecule has 3 aromatic rings. The molecule has 1 amide bonds. The maximum Gasteiger partial charge on any atom is 0.416 e. The summed E-state index contributed by atoms with van der Waals surface area (Å²) in [4.78, 5) is 20.2. The van der Waals surface area contributed by atoms with Gasteiger partial charge in [0.25, 0.3) is 5.91 Å². The molecule has 0 fully saturated rings. The van der Waals surface area contributed by atoms with Crippen molar-refractivity contribution in [1.29, 1.82) is 0 Å². The Bertz CT molecular complexity index is 973. The molecule has 1 aromatic heterocycles. The number of hydrogen-bond acceptors (Lipinski definition) is 4. The lowest BCUT2D eigenvalue weighted by Crippen LogP contribution is -2.14. The number of anilines is 3. The Balaban J connectivity index is 1.77. The molecule has 0 aliphatic heterocycles. The number of nitrogens with one attached hydrogen (secondary N) is 2. The van der Waals surface area contributed by atoms with E-state index >= 15 is 0 Å². The van der Waals surface area contributed by atoms with Crippen molar-refractivity contribution in [2.75, 3.05) is 10.6 Å². The highest BCUT2D eigenvalue weighted by Crippen LogP contribution is 2.31. The van der Waals surface area contributed by atoms with E-state index in [-0.39, 0.29) is 17.2 Å². The Morgan fingerprint density at radius 3 is 2.44 bits per heavy atom. The van der Waals surface area contributed by atoms with Gasteiger partial charge < -0.3 is 10.6 Å². The molecule has 138 valence electrons. The molecule has 0 aliphatic carbocycles. The summed E-state index contributed by atoms with van der Waals surface area (Å²) in [6, 6.07) is 13.3. The number of hydrogen-bond donors (Lipinski definition) is 2. The molecule has 27 heavy (non-hydrogen) atoms. The van der Waals surface area contributed by atoms with Gasteiger partial charge in [0.1, 0.15) is 17.8 Å². The molecule has 0 spiro atoms. The zero-order valence-corrected chi connectivity index (χ0v) is 14.2. The van der Waals surface area contributed by atoms with Crippen LogP contribution in [0.5, 0.6) is 0 Å². The first kappa shape index (κ1) is 18.4. The smallest absolute Gasteiger partial charge is 0.340 e. The van der Waals surface area contributed by atoms with E-state index in [1.165, 1.54) is 24.5 Å². The van der Waals surface area contributed by atoms with Gasteiger partial charge in [-0.2, -0.15) is 13.2 Å². The zero-order valence-electron chi connectivity index (χ0n) is 14.2. The van der Waals surface area contributed by atoms with Crippen molar-refractivity contribution in [3.05, 3.63) is 77.7 Å². The van der Waals surface area contributed by atoms with Crippen LogP contribution < -0.4 is 10.6 Å². The molecule has 1 heterocycles. The average Bonchev–Trinajstić information content (AvgIpc) is 2.61. The van der Waals surface area contributed by atoms with Gasteiger partial charge in [-0.25, -0.2) is 9.97 Å². The van der Waals surface area contributed by atoms with Gasteiger partial charge in [-0.05, 0) is 42.8 Å². The fourth-order valence-electron chi connectivity index (χ4n) is 2.39. The molecule has 2 aromatic carbocycles. The maximum atomic E-state index is 12.8. The van der Waals surface area contributed by atoms with Crippen molar-refractivity contribution < 1.29 is 18.0 Å². The van der Waals surface area contributed by atoms with E-state index in [2.05, 4.69) is 20.6 Å². The number of benzene rings is 2. The van der Waals surface area contributed by atoms with Crippen LogP contribution in [0.2, 0.25) is 0 Å². The Labute approximate surface area is 153 Å². The fraction of sp³-hybridized carbons (Fsp3) is 0.105. The second kappa shape index (κ2) is 7.45. The number of nitrogens with zero attached hydrogens (tertiary/aromatic N) is 2. The summed E-state index contributed by atoms with van der Waals surface area (Å²) < 4.78 is 38.4. The first-order valence-corrected chi connectivity index (χ1v) is 7.95. The number of aromatic nitrogens is 2. The van der Waals surface area contributed by atoms with Crippen LogP contribution in [0.3, 0.4) is 0 Å². The SMILES string of the molecule is Cc1cccc(NC(=O)c2cc(Nc3cccc(C(F)(F)F)c3)ncn2)c1. The first-order valence-electron chi connectivity index (χ1n) is 7.95. The number of carbonyl (C=O) groups is 1. The predicted octanol–water partition coefficient (Wildman–Crippen LogP) is 4.80. The number of rotatable bonds is 4. The second-order valence-corrected chi connectivity index (χ2v) is 5.82. The molecule has 0 bridgehead atoms. The third kappa shape index (κ3) is 4.81. The third-order valence-corrected chi connectivity index (χ3v) is 3.64. The third-order valence-electron chi connectivity index (χ3n) is 3.64. The van der Waals surface area contributed by atoms with Crippen LogP contribution in [-0.2, 0) is 6.18 Å². The van der Waals surface area contributed by atoms with Crippen molar-refractivity contribution >= 4 is 23.1 Å². The average molecular weight is 372 g/mol. The van der Waals surface area contributed by atoms with Crippen molar-refractivity contribution in [3.63, 3.8) is 0 Å². The Kier molecular flexibility index (Phi) is 5.07. The van der Waals surface area contributed by atoms with Crippen LogP contribution in [0.4, 0.5) is 30.4 Å². The van der Waals surface area contributed by atoms with Gasteiger partial charge in [-0.3, -0.25) is 4.79 Å². The Morgan fingerprint density at radius 1 is 0.963 bits per heavy atom.